The first-order valence-corrected chi connectivity index (χ1v) is 8.13. The molecule has 1 heterocycles. The molecule has 1 amide bonds. The third-order valence-electron chi connectivity index (χ3n) is 5.29. The number of amides is 1. The molecular weight excluding hydrogens is 236 g/mol. The van der Waals surface area contributed by atoms with Gasteiger partial charge >= 0.3 is 0 Å². The highest BCUT2D eigenvalue weighted by molar-refractivity contribution is 5.84. The standard InChI is InChI=1S/C16H30N2O/c1-5-8-13-17-14(12(4)6-2)15(19)18(13)11-16(7-3)9-10-16/h12-14,17H,5-11H2,1-4H3. The zero-order chi connectivity index (χ0) is 14.0. The molecule has 3 atom stereocenters. The van der Waals surface area contributed by atoms with Gasteiger partial charge in [-0.05, 0) is 37.0 Å². The molecule has 0 aromatic carbocycles. The molecule has 110 valence electrons. The van der Waals surface area contributed by atoms with Crippen LogP contribution in [0.4, 0.5) is 0 Å². The molecule has 0 spiro atoms. The van der Waals surface area contributed by atoms with Crippen LogP contribution in [-0.2, 0) is 4.79 Å². The topological polar surface area (TPSA) is 32.3 Å². The monoisotopic (exact) mass is 266 g/mol. The van der Waals surface area contributed by atoms with Crippen molar-refractivity contribution in [2.45, 2.75) is 78.4 Å². The van der Waals surface area contributed by atoms with Crippen LogP contribution in [0.5, 0.6) is 0 Å². The molecule has 3 unspecified atom stereocenters. The lowest BCUT2D eigenvalue weighted by molar-refractivity contribution is -0.131. The maximum absolute atomic E-state index is 12.7. The fourth-order valence-corrected chi connectivity index (χ4v) is 3.21. The van der Waals surface area contributed by atoms with Crippen molar-refractivity contribution in [2.75, 3.05) is 6.54 Å². The predicted molar refractivity (Wildman–Crippen MR) is 78.7 cm³/mol. The largest absolute Gasteiger partial charge is 0.325 e. The molecule has 1 aliphatic heterocycles. The molecule has 1 N–H and O–H groups in total. The van der Waals surface area contributed by atoms with E-state index < -0.39 is 0 Å². The van der Waals surface area contributed by atoms with E-state index in [2.05, 4.69) is 37.9 Å². The van der Waals surface area contributed by atoms with E-state index in [-0.39, 0.29) is 12.2 Å². The van der Waals surface area contributed by atoms with E-state index >= 15 is 0 Å². The number of rotatable bonds is 7. The number of nitrogens with zero attached hydrogens (tertiary/aromatic N) is 1. The Morgan fingerprint density at radius 3 is 2.53 bits per heavy atom. The SMILES string of the molecule is CCCC1NC(C(C)CC)C(=O)N1CC1(CC)CC1. The van der Waals surface area contributed by atoms with Crippen LogP contribution in [0.25, 0.3) is 0 Å². The number of nitrogens with one attached hydrogen (secondary N) is 1. The van der Waals surface area contributed by atoms with Gasteiger partial charge in [-0.1, -0.05) is 40.5 Å². The van der Waals surface area contributed by atoms with Crippen molar-refractivity contribution in [2.24, 2.45) is 11.3 Å². The minimum Gasteiger partial charge on any atom is -0.325 e. The predicted octanol–water partition coefficient (Wildman–Crippen LogP) is 3.15. The lowest BCUT2D eigenvalue weighted by atomic mass is 9.98. The highest BCUT2D eigenvalue weighted by atomic mass is 16.2. The normalized spacial score (nSPS) is 30.7. The molecule has 1 saturated carbocycles. The highest BCUT2D eigenvalue weighted by Crippen LogP contribution is 2.49. The molecule has 3 nitrogen and oxygen atoms in total. The van der Waals surface area contributed by atoms with E-state index in [9.17, 15) is 4.79 Å². The summed E-state index contributed by atoms with van der Waals surface area (Å²) in [4.78, 5) is 14.8. The minimum atomic E-state index is 0.0502. The van der Waals surface area contributed by atoms with Gasteiger partial charge in [0.25, 0.3) is 0 Å². The van der Waals surface area contributed by atoms with Crippen LogP contribution in [0.3, 0.4) is 0 Å². The lowest BCUT2D eigenvalue weighted by Crippen LogP contribution is -2.40. The van der Waals surface area contributed by atoms with Crippen molar-refractivity contribution in [3.8, 4) is 0 Å². The molecule has 0 aromatic heterocycles. The fraction of sp³-hybridized carbons (Fsp3) is 0.938. The Bertz CT molecular complexity index is 325. The number of hydrogen-bond acceptors (Lipinski definition) is 2. The Balaban J connectivity index is 2.07. The van der Waals surface area contributed by atoms with Gasteiger partial charge in [0.2, 0.25) is 5.91 Å². The zero-order valence-electron chi connectivity index (χ0n) is 13.0. The molecule has 0 aromatic rings. The van der Waals surface area contributed by atoms with Crippen molar-refractivity contribution < 1.29 is 4.79 Å². The van der Waals surface area contributed by atoms with Crippen molar-refractivity contribution >= 4 is 5.91 Å². The molecule has 19 heavy (non-hydrogen) atoms. The summed E-state index contributed by atoms with van der Waals surface area (Å²) in [7, 11) is 0. The Morgan fingerprint density at radius 1 is 1.37 bits per heavy atom. The van der Waals surface area contributed by atoms with Gasteiger partial charge in [0.15, 0.2) is 0 Å². The molecule has 1 aliphatic carbocycles. The van der Waals surface area contributed by atoms with Gasteiger partial charge in [-0.2, -0.15) is 0 Å². The van der Waals surface area contributed by atoms with E-state index in [1.54, 1.807) is 0 Å². The van der Waals surface area contributed by atoms with E-state index in [0.717, 1.165) is 25.8 Å². The third kappa shape index (κ3) is 2.96. The van der Waals surface area contributed by atoms with Gasteiger partial charge in [-0.25, -0.2) is 0 Å². The van der Waals surface area contributed by atoms with Crippen LogP contribution in [0.2, 0.25) is 0 Å². The van der Waals surface area contributed by atoms with Gasteiger partial charge in [0.1, 0.15) is 0 Å². The molecule has 2 rings (SSSR count). The smallest absolute Gasteiger partial charge is 0.241 e. The molecule has 3 heteroatoms. The fourth-order valence-electron chi connectivity index (χ4n) is 3.21. The summed E-state index contributed by atoms with van der Waals surface area (Å²) in [5.74, 6) is 0.793. The number of carbonyl (C=O) groups excluding carboxylic acids is 1. The summed E-state index contributed by atoms with van der Waals surface area (Å²) in [6, 6.07) is 0.0502. The average Bonchev–Trinajstić information content (AvgIpc) is 3.13. The van der Waals surface area contributed by atoms with Crippen LogP contribution < -0.4 is 5.32 Å². The molecule has 2 aliphatic rings. The van der Waals surface area contributed by atoms with E-state index in [0.29, 0.717) is 17.2 Å². The number of hydrogen-bond donors (Lipinski definition) is 1. The average molecular weight is 266 g/mol. The highest BCUT2D eigenvalue weighted by Gasteiger charge is 2.48. The van der Waals surface area contributed by atoms with Gasteiger partial charge in [-0.3, -0.25) is 10.1 Å². The summed E-state index contributed by atoms with van der Waals surface area (Å²) in [5.41, 5.74) is 0.452. The third-order valence-corrected chi connectivity index (χ3v) is 5.29. The van der Waals surface area contributed by atoms with Crippen LogP contribution >= 0.6 is 0 Å². The summed E-state index contributed by atoms with van der Waals surface area (Å²) in [6.07, 6.45) is 7.38. The zero-order valence-corrected chi connectivity index (χ0v) is 13.0. The second-order valence-corrected chi connectivity index (χ2v) is 6.65. The van der Waals surface area contributed by atoms with Gasteiger partial charge in [0.05, 0.1) is 12.2 Å². The van der Waals surface area contributed by atoms with Crippen LogP contribution in [0, 0.1) is 11.3 Å². The second kappa shape index (κ2) is 5.82. The van der Waals surface area contributed by atoms with E-state index in [4.69, 9.17) is 0 Å². The number of carbonyl (C=O) groups is 1. The molecule has 2 fully saturated rings. The summed E-state index contributed by atoms with van der Waals surface area (Å²) >= 11 is 0. The quantitative estimate of drug-likeness (QED) is 0.767. The second-order valence-electron chi connectivity index (χ2n) is 6.65. The van der Waals surface area contributed by atoms with Crippen LogP contribution in [0.1, 0.15) is 66.2 Å². The van der Waals surface area contributed by atoms with Gasteiger partial charge < -0.3 is 4.90 Å². The lowest BCUT2D eigenvalue weighted by Gasteiger charge is -2.28. The molecule has 1 saturated heterocycles. The van der Waals surface area contributed by atoms with Gasteiger partial charge in [-0.15, -0.1) is 0 Å². The summed E-state index contributed by atoms with van der Waals surface area (Å²) in [5, 5.41) is 3.59. The van der Waals surface area contributed by atoms with E-state index in [1.165, 1.54) is 19.3 Å². The summed E-state index contributed by atoms with van der Waals surface area (Å²) < 4.78 is 0. The molecule has 0 radical (unpaired) electrons. The van der Waals surface area contributed by atoms with E-state index in [1.807, 2.05) is 0 Å². The maximum atomic E-state index is 12.7. The minimum absolute atomic E-state index is 0.0502. The molecular formula is C16H30N2O. The van der Waals surface area contributed by atoms with Crippen molar-refractivity contribution in [3.63, 3.8) is 0 Å². The van der Waals surface area contributed by atoms with Crippen molar-refractivity contribution in [1.29, 1.82) is 0 Å². The van der Waals surface area contributed by atoms with Crippen LogP contribution in [-0.4, -0.2) is 29.6 Å². The Labute approximate surface area is 118 Å². The first kappa shape index (κ1) is 14.8. The van der Waals surface area contributed by atoms with Crippen molar-refractivity contribution in [1.82, 2.24) is 10.2 Å². The van der Waals surface area contributed by atoms with Crippen molar-refractivity contribution in [3.05, 3.63) is 0 Å². The summed E-state index contributed by atoms with van der Waals surface area (Å²) in [6.45, 7) is 9.81. The van der Waals surface area contributed by atoms with Crippen LogP contribution in [0.15, 0.2) is 0 Å². The first-order chi connectivity index (χ1) is 9.06. The Kier molecular flexibility index (Phi) is 4.54. The Morgan fingerprint density at radius 2 is 2.05 bits per heavy atom. The first-order valence-electron chi connectivity index (χ1n) is 8.13. The maximum Gasteiger partial charge on any atom is 0.241 e. The Hall–Kier alpha value is -0.570. The van der Waals surface area contributed by atoms with Gasteiger partial charge in [0, 0.05) is 6.54 Å². The molecule has 0 bridgehead atoms.